The fourth-order valence-electron chi connectivity index (χ4n) is 1.41. The normalized spacial score (nSPS) is 24.3. The van der Waals surface area contributed by atoms with Crippen molar-refractivity contribution >= 4 is 0 Å². The van der Waals surface area contributed by atoms with Crippen LogP contribution in [0.3, 0.4) is 0 Å². The molecule has 1 aromatic rings. The molecular formula is C8H12N2O. The zero-order chi connectivity index (χ0) is 7.68. The Kier molecular flexibility index (Phi) is 1.66. The first-order valence-electron chi connectivity index (χ1n) is 3.96. The SMILES string of the molecule is Cn1cnc(C2CCCO2)c1. The summed E-state index contributed by atoms with van der Waals surface area (Å²) in [5.41, 5.74) is 1.07. The molecule has 1 fully saturated rings. The van der Waals surface area contributed by atoms with E-state index in [1.807, 2.05) is 24.1 Å². The van der Waals surface area contributed by atoms with Crippen molar-refractivity contribution in [2.75, 3.05) is 6.61 Å². The Morgan fingerprint density at radius 1 is 1.73 bits per heavy atom. The molecule has 0 spiro atoms. The highest BCUT2D eigenvalue weighted by atomic mass is 16.5. The second-order valence-electron chi connectivity index (χ2n) is 2.97. The van der Waals surface area contributed by atoms with Gasteiger partial charge in [0.05, 0.1) is 12.0 Å². The van der Waals surface area contributed by atoms with Gasteiger partial charge in [0.1, 0.15) is 6.10 Å². The van der Waals surface area contributed by atoms with Crippen LogP contribution in [0.4, 0.5) is 0 Å². The van der Waals surface area contributed by atoms with Gasteiger partial charge < -0.3 is 9.30 Å². The Hall–Kier alpha value is -0.830. The molecule has 0 saturated carbocycles. The van der Waals surface area contributed by atoms with Crippen LogP contribution in [0.2, 0.25) is 0 Å². The molecule has 1 aliphatic rings. The van der Waals surface area contributed by atoms with Crippen molar-refractivity contribution in [2.45, 2.75) is 18.9 Å². The van der Waals surface area contributed by atoms with Crippen LogP contribution in [-0.2, 0) is 11.8 Å². The largest absolute Gasteiger partial charge is 0.372 e. The highest BCUT2D eigenvalue weighted by Crippen LogP contribution is 2.26. The molecule has 0 aliphatic carbocycles. The van der Waals surface area contributed by atoms with Gasteiger partial charge in [-0.25, -0.2) is 4.98 Å². The van der Waals surface area contributed by atoms with Gasteiger partial charge in [0.2, 0.25) is 0 Å². The lowest BCUT2D eigenvalue weighted by Gasteiger charge is -2.03. The van der Waals surface area contributed by atoms with Gasteiger partial charge in [0.15, 0.2) is 0 Å². The number of hydrogen-bond donors (Lipinski definition) is 0. The lowest BCUT2D eigenvalue weighted by atomic mass is 10.2. The summed E-state index contributed by atoms with van der Waals surface area (Å²) < 4.78 is 7.43. The molecule has 0 aromatic carbocycles. The van der Waals surface area contributed by atoms with Crippen LogP contribution in [0, 0.1) is 0 Å². The summed E-state index contributed by atoms with van der Waals surface area (Å²) in [5.74, 6) is 0. The molecule has 3 nitrogen and oxygen atoms in total. The minimum atomic E-state index is 0.260. The van der Waals surface area contributed by atoms with Crippen LogP contribution < -0.4 is 0 Å². The van der Waals surface area contributed by atoms with Gasteiger partial charge in [-0.3, -0.25) is 0 Å². The van der Waals surface area contributed by atoms with E-state index in [0.29, 0.717) is 0 Å². The van der Waals surface area contributed by atoms with Gasteiger partial charge in [-0.2, -0.15) is 0 Å². The average molecular weight is 152 g/mol. The van der Waals surface area contributed by atoms with Crippen molar-refractivity contribution in [3.05, 3.63) is 18.2 Å². The van der Waals surface area contributed by atoms with E-state index in [0.717, 1.165) is 18.7 Å². The van der Waals surface area contributed by atoms with E-state index < -0.39 is 0 Å². The molecule has 0 amide bonds. The van der Waals surface area contributed by atoms with E-state index >= 15 is 0 Å². The maximum atomic E-state index is 5.48. The first-order chi connectivity index (χ1) is 5.36. The van der Waals surface area contributed by atoms with E-state index in [1.165, 1.54) is 6.42 Å². The van der Waals surface area contributed by atoms with Gasteiger partial charge in [-0.05, 0) is 12.8 Å². The van der Waals surface area contributed by atoms with Crippen LogP contribution in [0.1, 0.15) is 24.6 Å². The van der Waals surface area contributed by atoms with Crippen molar-refractivity contribution in [2.24, 2.45) is 7.05 Å². The topological polar surface area (TPSA) is 27.1 Å². The molecule has 1 unspecified atom stereocenters. The second-order valence-corrected chi connectivity index (χ2v) is 2.97. The summed E-state index contributed by atoms with van der Waals surface area (Å²) in [6, 6.07) is 0. The third-order valence-electron chi connectivity index (χ3n) is 1.98. The van der Waals surface area contributed by atoms with Crippen LogP contribution in [0.15, 0.2) is 12.5 Å². The van der Waals surface area contributed by atoms with Crippen LogP contribution in [0.25, 0.3) is 0 Å². The molecule has 3 heteroatoms. The van der Waals surface area contributed by atoms with E-state index in [9.17, 15) is 0 Å². The predicted octanol–water partition coefficient (Wildman–Crippen LogP) is 1.27. The summed E-state index contributed by atoms with van der Waals surface area (Å²) in [6.07, 6.45) is 6.39. The molecule has 2 heterocycles. The fourth-order valence-corrected chi connectivity index (χ4v) is 1.41. The van der Waals surface area contributed by atoms with Crippen LogP contribution in [-0.4, -0.2) is 16.2 Å². The first-order valence-corrected chi connectivity index (χ1v) is 3.96. The van der Waals surface area contributed by atoms with E-state index in [2.05, 4.69) is 4.98 Å². The highest BCUT2D eigenvalue weighted by molar-refractivity contribution is 5.02. The van der Waals surface area contributed by atoms with Gasteiger partial charge in [-0.1, -0.05) is 0 Å². The van der Waals surface area contributed by atoms with Gasteiger partial charge >= 0.3 is 0 Å². The van der Waals surface area contributed by atoms with Gasteiger partial charge in [0.25, 0.3) is 0 Å². The summed E-state index contributed by atoms with van der Waals surface area (Å²) in [4.78, 5) is 4.24. The van der Waals surface area contributed by atoms with E-state index in [1.54, 1.807) is 0 Å². The average Bonchev–Trinajstić information content (AvgIpc) is 2.55. The van der Waals surface area contributed by atoms with Crippen molar-refractivity contribution < 1.29 is 4.74 Å². The summed E-state index contributed by atoms with van der Waals surface area (Å²) in [7, 11) is 1.98. The van der Waals surface area contributed by atoms with E-state index in [4.69, 9.17) is 4.74 Å². The van der Waals surface area contributed by atoms with Crippen molar-refractivity contribution in [3.8, 4) is 0 Å². The number of imidazole rings is 1. The minimum Gasteiger partial charge on any atom is -0.372 e. The molecule has 1 atom stereocenters. The molecule has 1 aromatic heterocycles. The van der Waals surface area contributed by atoms with Gasteiger partial charge in [0, 0.05) is 19.9 Å². The van der Waals surface area contributed by atoms with Crippen molar-refractivity contribution in [1.82, 2.24) is 9.55 Å². The number of rotatable bonds is 1. The molecule has 60 valence electrons. The predicted molar refractivity (Wildman–Crippen MR) is 41.1 cm³/mol. The molecule has 1 aliphatic heterocycles. The van der Waals surface area contributed by atoms with Gasteiger partial charge in [-0.15, -0.1) is 0 Å². The number of aromatic nitrogens is 2. The smallest absolute Gasteiger partial charge is 0.101 e. The minimum absolute atomic E-state index is 0.260. The van der Waals surface area contributed by atoms with Crippen LogP contribution in [0.5, 0.6) is 0 Å². The monoisotopic (exact) mass is 152 g/mol. The summed E-state index contributed by atoms with van der Waals surface area (Å²) in [5, 5.41) is 0. The van der Waals surface area contributed by atoms with Crippen LogP contribution >= 0.6 is 0 Å². The molecule has 1 saturated heterocycles. The number of hydrogen-bond acceptors (Lipinski definition) is 2. The first kappa shape index (κ1) is 6.85. The summed E-state index contributed by atoms with van der Waals surface area (Å²) >= 11 is 0. The molecule has 11 heavy (non-hydrogen) atoms. The Morgan fingerprint density at radius 2 is 2.64 bits per heavy atom. The quantitative estimate of drug-likeness (QED) is 0.606. The molecular weight excluding hydrogens is 140 g/mol. The van der Waals surface area contributed by atoms with Crippen molar-refractivity contribution in [3.63, 3.8) is 0 Å². The maximum absolute atomic E-state index is 5.48. The van der Waals surface area contributed by atoms with Crippen molar-refractivity contribution in [1.29, 1.82) is 0 Å². The molecule has 2 rings (SSSR count). The second kappa shape index (κ2) is 2.66. The highest BCUT2D eigenvalue weighted by Gasteiger charge is 2.19. The number of aryl methyl sites for hydroxylation is 1. The maximum Gasteiger partial charge on any atom is 0.101 e. The lowest BCUT2D eigenvalue weighted by Crippen LogP contribution is -1.95. The Bertz CT molecular complexity index is 238. The zero-order valence-electron chi connectivity index (χ0n) is 6.66. The Labute approximate surface area is 66.0 Å². The standard InChI is InChI=1S/C8H12N2O/c1-10-5-7(9-6-10)8-3-2-4-11-8/h5-6,8H,2-4H2,1H3. The fraction of sp³-hybridized carbons (Fsp3) is 0.625. The molecule has 0 bridgehead atoms. The third kappa shape index (κ3) is 1.28. The Morgan fingerprint density at radius 3 is 3.18 bits per heavy atom. The Balaban J connectivity index is 2.15. The lowest BCUT2D eigenvalue weighted by molar-refractivity contribution is 0.109. The summed E-state index contributed by atoms with van der Waals surface area (Å²) in [6.45, 7) is 0.890. The molecule has 0 N–H and O–H groups in total. The molecule has 0 radical (unpaired) electrons. The number of nitrogens with zero attached hydrogens (tertiary/aromatic N) is 2. The zero-order valence-corrected chi connectivity index (χ0v) is 6.66. The third-order valence-corrected chi connectivity index (χ3v) is 1.98. The van der Waals surface area contributed by atoms with E-state index in [-0.39, 0.29) is 6.10 Å². The number of ether oxygens (including phenoxy) is 1.